The number of rotatable bonds is 34. The summed E-state index contributed by atoms with van der Waals surface area (Å²) >= 11 is 0. The Hall–Kier alpha value is -1.18. The molecule has 0 aliphatic carbocycles. The molecule has 45 heavy (non-hydrogen) atoms. The SMILES string of the molecule is CCCCC/C=C\C/C=C\CCCCCCCC(=O)NC(CS(=O)(=O)O)C(O)CCCCCCCCCCCCCCCCC. The van der Waals surface area contributed by atoms with Gasteiger partial charge in [-0.3, -0.25) is 9.35 Å². The highest BCUT2D eigenvalue weighted by atomic mass is 32.2. The second-order valence-corrected chi connectivity index (χ2v) is 14.7. The lowest BCUT2D eigenvalue weighted by Gasteiger charge is -2.23. The van der Waals surface area contributed by atoms with E-state index in [9.17, 15) is 22.9 Å². The van der Waals surface area contributed by atoms with Gasteiger partial charge in [-0.15, -0.1) is 0 Å². The molecule has 266 valence electrons. The minimum atomic E-state index is -4.31. The lowest BCUT2D eigenvalue weighted by atomic mass is 10.0. The molecule has 0 bridgehead atoms. The first-order valence-electron chi connectivity index (χ1n) is 19.0. The summed E-state index contributed by atoms with van der Waals surface area (Å²) in [6.45, 7) is 4.48. The average Bonchev–Trinajstić information content (AvgIpc) is 3.00. The van der Waals surface area contributed by atoms with Crippen LogP contribution in [0.25, 0.3) is 0 Å². The molecule has 0 fully saturated rings. The third-order valence-corrected chi connectivity index (χ3v) is 9.44. The van der Waals surface area contributed by atoms with Crippen molar-refractivity contribution in [2.75, 3.05) is 5.75 Å². The van der Waals surface area contributed by atoms with E-state index in [4.69, 9.17) is 0 Å². The predicted molar refractivity (Wildman–Crippen MR) is 193 cm³/mol. The van der Waals surface area contributed by atoms with Crippen LogP contribution in [0, 0.1) is 0 Å². The molecule has 2 atom stereocenters. The lowest BCUT2D eigenvalue weighted by Crippen LogP contribution is -2.47. The van der Waals surface area contributed by atoms with Gasteiger partial charge in [-0.2, -0.15) is 8.42 Å². The average molecular weight is 656 g/mol. The second kappa shape index (κ2) is 32.7. The van der Waals surface area contributed by atoms with Gasteiger partial charge in [0, 0.05) is 6.42 Å². The number of hydrogen-bond donors (Lipinski definition) is 3. The molecule has 0 heterocycles. The van der Waals surface area contributed by atoms with Crippen LogP contribution in [0.1, 0.15) is 194 Å². The second-order valence-electron chi connectivity index (χ2n) is 13.2. The van der Waals surface area contributed by atoms with Crippen molar-refractivity contribution in [2.24, 2.45) is 0 Å². The Kier molecular flexibility index (Phi) is 31.9. The number of unbranched alkanes of at least 4 members (excludes halogenated alkanes) is 22. The smallest absolute Gasteiger partial charge is 0.266 e. The molecule has 0 saturated heterocycles. The molecule has 0 aliphatic heterocycles. The Morgan fingerprint density at radius 3 is 1.49 bits per heavy atom. The number of allylic oxidation sites excluding steroid dienone is 4. The van der Waals surface area contributed by atoms with Crippen LogP contribution >= 0.6 is 0 Å². The van der Waals surface area contributed by atoms with Crippen molar-refractivity contribution in [1.29, 1.82) is 0 Å². The molecule has 6 nitrogen and oxygen atoms in total. The maximum Gasteiger partial charge on any atom is 0.266 e. The van der Waals surface area contributed by atoms with Crippen LogP contribution in [0.5, 0.6) is 0 Å². The van der Waals surface area contributed by atoms with Crippen molar-refractivity contribution >= 4 is 16.0 Å². The largest absolute Gasteiger partial charge is 0.391 e. The summed E-state index contributed by atoms with van der Waals surface area (Å²) in [5.41, 5.74) is 0. The van der Waals surface area contributed by atoms with Gasteiger partial charge >= 0.3 is 0 Å². The van der Waals surface area contributed by atoms with Crippen molar-refractivity contribution in [1.82, 2.24) is 5.32 Å². The highest BCUT2D eigenvalue weighted by Crippen LogP contribution is 2.15. The molecular weight excluding hydrogens is 582 g/mol. The van der Waals surface area contributed by atoms with Gasteiger partial charge in [-0.05, 0) is 44.9 Å². The fourth-order valence-corrected chi connectivity index (χ4v) is 6.54. The summed E-state index contributed by atoms with van der Waals surface area (Å²) in [6, 6.07) is -0.975. The number of hydrogen-bond acceptors (Lipinski definition) is 4. The Morgan fingerprint density at radius 1 is 0.600 bits per heavy atom. The number of aliphatic hydroxyl groups is 1. The van der Waals surface area contributed by atoms with E-state index in [0.29, 0.717) is 12.8 Å². The summed E-state index contributed by atoms with van der Waals surface area (Å²) in [5, 5.41) is 13.3. The fourth-order valence-electron chi connectivity index (χ4n) is 5.78. The van der Waals surface area contributed by atoms with Crippen LogP contribution in [0.3, 0.4) is 0 Å². The molecule has 0 rings (SSSR count). The molecule has 0 radical (unpaired) electrons. The maximum absolute atomic E-state index is 12.5. The van der Waals surface area contributed by atoms with E-state index in [1.54, 1.807) is 0 Å². The third kappa shape index (κ3) is 34.0. The molecule has 3 N–H and O–H groups in total. The van der Waals surface area contributed by atoms with Gasteiger partial charge in [0.05, 0.1) is 17.9 Å². The minimum Gasteiger partial charge on any atom is -0.391 e. The Balaban J connectivity index is 3.93. The summed E-state index contributed by atoms with van der Waals surface area (Å²) in [4.78, 5) is 12.5. The van der Waals surface area contributed by atoms with Gasteiger partial charge in [-0.25, -0.2) is 0 Å². The monoisotopic (exact) mass is 656 g/mol. The first-order chi connectivity index (χ1) is 21.8. The lowest BCUT2D eigenvalue weighted by molar-refractivity contribution is -0.122. The van der Waals surface area contributed by atoms with Crippen LogP contribution in [0.2, 0.25) is 0 Å². The first-order valence-corrected chi connectivity index (χ1v) is 20.6. The van der Waals surface area contributed by atoms with Gasteiger partial charge in [0.15, 0.2) is 0 Å². The summed E-state index contributed by atoms with van der Waals surface area (Å²) in [7, 11) is -4.31. The Morgan fingerprint density at radius 2 is 1.00 bits per heavy atom. The zero-order valence-electron chi connectivity index (χ0n) is 29.5. The zero-order chi connectivity index (χ0) is 33.3. The van der Waals surface area contributed by atoms with Gasteiger partial charge in [-0.1, -0.05) is 167 Å². The first kappa shape index (κ1) is 43.8. The van der Waals surface area contributed by atoms with Crippen molar-refractivity contribution in [3.05, 3.63) is 24.3 Å². The van der Waals surface area contributed by atoms with Crippen molar-refractivity contribution in [3.63, 3.8) is 0 Å². The van der Waals surface area contributed by atoms with E-state index in [2.05, 4.69) is 43.5 Å². The predicted octanol–water partition coefficient (Wildman–Crippen LogP) is 10.8. The molecule has 7 heteroatoms. The molecule has 0 saturated carbocycles. The summed E-state index contributed by atoms with van der Waals surface area (Å²) in [6.07, 6.45) is 39.7. The Labute approximate surface area is 279 Å². The van der Waals surface area contributed by atoms with Crippen LogP contribution in [-0.2, 0) is 14.9 Å². The number of nitrogens with one attached hydrogen (secondary N) is 1. The maximum atomic E-state index is 12.5. The highest BCUT2D eigenvalue weighted by molar-refractivity contribution is 7.85. The molecule has 0 aromatic rings. The van der Waals surface area contributed by atoms with Crippen molar-refractivity contribution < 1.29 is 22.9 Å². The quantitative estimate of drug-likeness (QED) is 0.0363. The van der Waals surface area contributed by atoms with E-state index in [1.165, 1.54) is 103 Å². The van der Waals surface area contributed by atoms with Gasteiger partial charge < -0.3 is 10.4 Å². The number of carbonyl (C=O) groups excluding carboxylic acids is 1. The van der Waals surface area contributed by atoms with E-state index in [1.807, 2.05) is 0 Å². The molecule has 1 amide bonds. The number of aliphatic hydroxyl groups excluding tert-OH is 1. The van der Waals surface area contributed by atoms with Crippen LogP contribution in [-0.4, -0.2) is 41.9 Å². The summed E-state index contributed by atoms with van der Waals surface area (Å²) < 4.78 is 32.4. The third-order valence-electron chi connectivity index (χ3n) is 8.66. The van der Waals surface area contributed by atoms with E-state index in [0.717, 1.165) is 64.2 Å². The normalized spacial score (nSPS) is 13.6. The molecule has 2 unspecified atom stereocenters. The van der Waals surface area contributed by atoms with Crippen molar-refractivity contribution in [3.8, 4) is 0 Å². The molecule has 0 spiro atoms. The standard InChI is InChI=1S/C38H73NO5S/c1-3-5-7-9-11-13-15-17-19-21-23-25-27-29-31-33-37(40)36(35-45(42,43)44)39-38(41)34-32-30-28-26-24-22-20-18-16-14-12-10-8-6-4-2/h12,14,18,20,36-37,40H,3-11,13,15-17,19,21-35H2,1-2H3,(H,39,41)(H,42,43,44)/b14-12-,20-18-. The Bertz CT molecular complexity index is 811. The van der Waals surface area contributed by atoms with Crippen LogP contribution in [0.15, 0.2) is 24.3 Å². The molecule has 0 aromatic carbocycles. The van der Waals surface area contributed by atoms with Crippen molar-refractivity contribution in [2.45, 2.75) is 206 Å². The molecular formula is C38H73NO5S. The van der Waals surface area contributed by atoms with Gasteiger partial charge in [0.2, 0.25) is 5.91 Å². The molecule has 0 aromatic heterocycles. The topological polar surface area (TPSA) is 104 Å². The summed E-state index contributed by atoms with van der Waals surface area (Å²) in [5.74, 6) is -0.911. The zero-order valence-corrected chi connectivity index (χ0v) is 30.3. The highest BCUT2D eigenvalue weighted by Gasteiger charge is 2.26. The van der Waals surface area contributed by atoms with E-state index in [-0.39, 0.29) is 5.91 Å². The number of amides is 1. The van der Waals surface area contributed by atoms with E-state index >= 15 is 0 Å². The fraction of sp³-hybridized carbons (Fsp3) is 0.868. The van der Waals surface area contributed by atoms with E-state index < -0.39 is 28.0 Å². The van der Waals surface area contributed by atoms with Gasteiger partial charge in [0.1, 0.15) is 0 Å². The minimum absolute atomic E-state index is 0.259. The molecule has 0 aliphatic rings. The van der Waals surface area contributed by atoms with Crippen LogP contribution < -0.4 is 5.32 Å². The van der Waals surface area contributed by atoms with Crippen LogP contribution in [0.4, 0.5) is 0 Å². The van der Waals surface area contributed by atoms with Gasteiger partial charge in [0.25, 0.3) is 10.1 Å². The number of carbonyl (C=O) groups is 1.